The fourth-order valence-electron chi connectivity index (χ4n) is 3.74. The van der Waals surface area contributed by atoms with Crippen LogP contribution >= 0.6 is 0 Å². The van der Waals surface area contributed by atoms with Gasteiger partial charge in [-0.1, -0.05) is 36.4 Å². The van der Waals surface area contributed by atoms with Crippen molar-refractivity contribution in [1.29, 1.82) is 0 Å². The molecule has 0 saturated heterocycles. The zero-order chi connectivity index (χ0) is 19.5. The predicted octanol–water partition coefficient (Wildman–Crippen LogP) is 3.89. The second-order valence-corrected chi connectivity index (χ2v) is 6.76. The SMILES string of the molecule is COc1cccc(-c2ccc(C3Cc4ccccc4C(C=O)N3)c(OC)n2)c1. The normalized spacial score (nSPS) is 18.2. The van der Waals surface area contributed by atoms with Gasteiger partial charge in [-0.15, -0.1) is 0 Å². The highest BCUT2D eigenvalue weighted by Crippen LogP contribution is 2.35. The molecule has 0 amide bonds. The molecular weight excluding hydrogens is 352 g/mol. The van der Waals surface area contributed by atoms with Gasteiger partial charge in [0.2, 0.25) is 5.88 Å². The fraction of sp³-hybridized carbons (Fsp3) is 0.217. The number of nitrogens with zero attached hydrogens (tertiary/aromatic N) is 1. The lowest BCUT2D eigenvalue weighted by molar-refractivity contribution is -0.110. The van der Waals surface area contributed by atoms with E-state index in [0.717, 1.165) is 40.8 Å². The first kappa shape index (κ1) is 18.2. The van der Waals surface area contributed by atoms with Crippen molar-refractivity contribution in [1.82, 2.24) is 10.3 Å². The average Bonchev–Trinajstić information content (AvgIpc) is 2.77. The van der Waals surface area contributed by atoms with Crippen LogP contribution in [-0.2, 0) is 11.2 Å². The van der Waals surface area contributed by atoms with Gasteiger partial charge in [0.15, 0.2) is 0 Å². The van der Waals surface area contributed by atoms with Crippen molar-refractivity contribution in [2.75, 3.05) is 14.2 Å². The minimum Gasteiger partial charge on any atom is -0.497 e. The van der Waals surface area contributed by atoms with E-state index in [0.29, 0.717) is 5.88 Å². The van der Waals surface area contributed by atoms with Crippen molar-refractivity contribution in [3.05, 3.63) is 77.4 Å². The Morgan fingerprint density at radius 3 is 2.64 bits per heavy atom. The molecule has 0 fully saturated rings. The molecule has 5 nitrogen and oxygen atoms in total. The second-order valence-electron chi connectivity index (χ2n) is 6.76. The number of aldehydes is 1. The summed E-state index contributed by atoms with van der Waals surface area (Å²) in [6.07, 6.45) is 1.73. The van der Waals surface area contributed by atoms with E-state index in [9.17, 15) is 4.79 Å². The topological polar surface area (TPSA) is 60.5 Å². The summed E-state index contributed by atoms with van der Waals surface area (Å²) in [4.78, 5) is 16.3. The number of ether oxygens (including phenoxy) is 2. The molecule has 1 aromatic heterocycles. The molecule has 2 heterocycles. The Morgan fingerprint density at radius 1 is 1.00 bits per heavy atom. The summed E-state index contributed by atoms with van der Waals surface area (Å²) < 4.78 is 10.9. The Labute approximate surface area is 164 Å². The van der Waals surface area contributed by atoms with Crippen LogP contribution in [-0.4, -0.2) is 25.5 Å². The molecule has 142 valence electrons. The van der Waals surface area contributed by atoms with Gasteiger partial charge in [-0.3, -0.25) is 5.32 Å². The summed E-state index contributed by atoms with van der Waals surface area (Å²) in [5.74, 6) is 1.34. The van der Waals surface area contributed by atoms with Crippen LogP contribution < -0.4 is 14.8 Å². The number of methoxy groups -OCH3 is 2. The number of nitrogens with one attached hydrogen (secondary N) is 1. The number of rotatable bonds is 5. The Morgan fingerprint density at radius 2 is 1.86 bits per heavy atom. The highest BCUT2D eigenvalue weighted by atomic mass is 16.5. The molecule has 1 aliphatic heterocycles. The first-order valence-corrected chi connectivity index (χ1v) is 9.22. The number of benzene rings is 2. The number of aromatic nitrogens is 1. The minimum atomic E-state index is -0.335. The number of carbonyl (C=O) groups excluding carboxylic acids is 1. The van der Waals surface area contributed by atoms with Gasteiger partial charge in [0.25, 0.3) is 0 Å². The third-order valence-electron chi connectivity index (χ3n) is 5.15. The first-order valence-electron chi connectivity index (χ1n) is 9.22. The number of hydrogen-bond donors (Lipinski definition) is 1. The molecule has 4 rings (SSSR count). The standard InChI is InChI=1S/C23H22N2O3/c1-27-17-8-5-7-16(12-17)20-11-10-19(23(25-20)28-2)21-13-15-6-3-4-9-18(15)22(14-26)24-21/h3-12,14,21-22,24H,13H2,1-2H3. The minimum absolute atomic E-state index is 0.0492. The van der Waals surface area contributed by atoms with E-state index < -0.39 is 0 Å². The maximum absolute atomic E-state index is 11.6. The number of fused-ring (bicyclic) bond motifs is 1. The predicted molar refractivity (Wildman–Crippen MR) is 108 cm³/mol. The molecule has 0 aliphatic carbocycles. The monoisotopic (exact) mass is 374 g/mol. The van der Waals surface area contributed by atoms with Crippen LogP contribution in [0.5, 0.6) is 11.6 Å². The quantitative estimate of drug-likeness (QED) is 0.687. The third-order valence-corrected chi connectivity index (χ3v) is 5.15. The maximum Gasteiger partial charge on any atom is 0.218 e. The van der Waals surface area contributed by atoms with Crippen LogP contribution in [0.4, 0.5) is 0 Å². The molecule has 28 heavy (non-hydrogen) atoms. The zero-order valence-electron chi connectivity index (χ0n) is 15.9. The van der Waals surface area contributed by atoms with E-state index in [-0.39, 0.29) is 12.1 Å². The van der Waals surface area contributed by atoms with E-state index in [1.807, 2.05) is 54.6 Å². The lowest BCUT2D eigenvalue weighted by Gasteiger charge is -2.31. The molecule has 0 saturated carbocycles. The van der Waals surface area contributed by atoms with Crippen molar-refractivity contribution in [2.45, 2.75) is 18.5 Å². The van der Waals surface area contributed by atoms with E-state index in [4.69, 9.17) is 14.5 Å². The largest absolute Gasteiger partial charge is 0.497 e. The molecule has 1 aliphatic rings. The van der Waals surface area contributed by atoms with Gasteiger partial charge in [-0.2, -0.15) is 0 Å². The molecule has 2 aromatic carbocycles. The fourth-order valence-corrected chi connectivity index (χ4v) is 3.74. The van der Waals surface area contributed by atoms with Gasteiger partial charge in [-0.25, -0.2) is 4.98 Å². The molecule has 2 unspecified atom stereocenters. The van der Waals surface area contributed by atoms with Gasteiger partial charge < -0.3 is 14.3 Å². The lowest BCUT2D eigenvalue weighted by Crippen LogP contribution is -2.34. The van der Waals surface area contributed by atoms with Gasteiger partial charge in [0, 0.05) is 17.2 Å². The van der Waals surface area contributed by atoms with Gasteiger partial charge in [0.05, 0.1) is 26.0 Å². The van der Waals surface area contributed by atoms with Crippen molar-refractivity contribution in [3.63, 3.8) is 0 Å². The maximum atomic E-state index is 11.6. The summed E-state index contributed by atoms with van der Waals surface area (Å²) in [5.41, 5.74) is 4.91. The van der Waals surface area contributed by atoms with Gasteiger partial charge in [-0.05, 0) is 41.8 Å². The molecule has 2 atom stereocenters. The Bertz CT molecular complexity index is 1000. The average molecular weight is 374 g/mol. The smallest absolute Gasteiger partial charge is 0.218 e. The Balaban J connectivity index is 1.70. The van der Waals surface area contributed by atoms with Crippen LogP contribution in [0, 0.1) is 0 Å². The van der Waals surface area contributed by atoms with E-state index in [2.05, 4.69) is 11.4 Å². The molecule has 5 heteroatoms. The van der Waals surface area contributed by atoms with Crippen molar-refractivity contribution < 1.29 is 14.3 Å². The Hall–Kier alpha value is -3.18. The second kappa shape index (κ2) is 7.82. The van der Waals surface area contributed by atoms with Crippen LogP contribution in [0.15, 0.2) is 60.7 Å². The molecule has 0 radical (unpaired) electrons. The van der Waals surface area contributed by atoms with Gasteiger partial charge in [0.1, 0.15) is 12.0 Å². The number of hydrogen-bond acceptors (Lipinski definition) is 5. The van der Waals surface area contributed by atoms with Crippen molar-refractivity contribution in [2.24, 2.45) is 0 Å². The molecule has 0 spiro atoms. The summed E-state index contributed by atoms with van der Waals surface area (Å²) in [5, 5.41) is 3.42. The first-order chi connectivity index (χ1) is 13.7. The van der Waals surface area contributed by atoms with Crippen LogP contribution in [0.25, 0.3) is 11.3 Å². The van der Waals surface area contributed by atoms with Crippen LogP contribution in [0.3, 0.4) is 0 Å². The zero-order valence-corrected chi connectivity index (χ0v) is 15.9. The number of pyridine rings is 1. The van der Waals surface area contributed by atoms with Gasteiger partial charge >= 0.3 is 0 Å². The van der Waals surface area contributed by atoms with Crippen LogP contribution in [0.2, 0.25) is 0 Å². The number of carbonyl (C=O) groups is 1. The summed E-state index contributed by atoms with van der Waals surface area (Å²) in [7, 11) is 3.27. The summed E-state index contributed by atoms with van der Waals surface area (Å²) >= 11 is 0. The van der Waals surface area contributed by atoms with Crippen molar-refractivity contribution in [3.8, 4) is 22.9 Å². The summed E-state index contributed by atoms with van der Waals surface area (Å²) in [6.45, 7) is 0. The molecular formula is C23H22N2O3. The van der Waals surface area contributed by atoms with Crippen LogP contribution in [0.1, 0.15) is 28.8 Å². The lowest BCUT2D eigenvalue weighted by atomic mass is 9.88. The highest BCUT2D eigenvalue weighted by molar-refractivity contribution is 5.65. The third kappa shape index (κ3) is 3.37. The molecule has 3 aromatic rings. The molecule has 1 N–H and O–H groups in total. The van der Waals surface area contributed by atoms with E-state index >= 15 is 0 Å². The molecule has 0 bridgehead atoms. The highest BCUT2D eigenvalue weighted by Gasteiger charge is 2.28. The van der Waals surface area contributed by atoms with E-state index in [1.165, 1.54) is 5.56 Å². The summed E-state index contributed by atoms with van der Waals surface area (Å²) in [6, 6.07) is 19.4. The van der Waals surface area contributed by atoms with E-state index in [1.54, 1.807) is 14.2 Å². The Kier molecular flexibility index (Phi) is 5.08. The van der Waals surface area contributed by atoms with Crippen molar-refractivity contribution >= 4 is 6.29 Å².